The van der Waals surface area contributed by atoms with Crippen molar-refractivity contribution < 1.29 is 19.4 Å². The highest BCUT2D eigenvalue weighted by Crippen LogP contribution is 2.32. The number of aliphatic carboxylic acids is 1. The summed E-state index contributed by atoms with van der Waals surface area (Å²) in [7, 11) is 1.54. The highest BCUT2D eigenvalue weighted by molar-refractivity contribution is 6.14. The summed E-state index contributed by atoms with van der Waals surface area (Å²) < 4.78 is 11.2. The van der Waals surface area contributed by atoms with Gasteiger partial charge in [0, 0.05) is 12.0 Å². The van der Waals surface area contributed by atoms with Crippen LogP contribution in [0.4, 0.5) is 0 Å². The van der Waals surface area contributed by atoms with E-state index in [0.717, 1.165) is 5.56 Å². The molecule has 0 aliphatic rings. The molecule has 6 heteroatoms. The average Bonchev–Trinajstić information content (AvgIpc) is 2.58. The third-order valence-electron chi connectivity index (χ3n) is 3.36. The molecule has 0 saturated carbocycles. The molecule has 0 aromatic heterocycles. The van der Waals surface area contributed by atoms with Crippen molar-refractivity contribution in [3.05, 3.63) is 59.7 Å². The second-order valence-corrected chi connectivity index (χ2v) is 5.15. The van der Waals surface area contributed by atoms with Crippen LogP contribution in [0.3, 0.4) is 0 Å². The maximum Gasteiger partial charge on any atom is 0.322 e. The number of ether oxygens (including phenoxy) is 2. The van der Waals surface area contributed by atoms with E-state index in [9.17, 15) is 4.79 Å². The molecule has 2 aromatic rings. The number of halogens is 1. The lowest BCUT2D eigenvalue weighted by molar-refractivity contribution is -0.138. The fourth-order valence-electron chi connectivity index (χ4n) is 2.17. The molecule has 1 atom stereocenters. The Hall–Kier alpha value is -2.24. The van der Waals surface area contributed by atoms with E-state index < -0.39 is 12.0 Å². The van der Waals surface area contributed by atoms with Crippen molar-refractivity contribution in [3.8, 4) is 11.5 Å². The van der Waals surface area contributed by atoms with Crippen LogP contribution in [0.2, 0.25) is 0 Å². The first kappa shape index (κ1) is 17.1. The highest BCUT2D eigenvalue weighted by atomic mass is 35.5. The van der Waals surface area contributed by atoms with Gasteiger partial charge in [0.2, 0.25) is 0 Å². The highest BCUT2D eigenvalue weighted by Gasteiger charge is 2.20. The summed E-state index contributed by atoms with van der Waals surface area (Å²) >= 11 is 5.51. The fraction of sp³-hybridized carbons (Fsp3) is 0.235. The van der Waals surface area contributed by atoms with Crippen LogP contribution < -0.4 is 14.3 Å². The Kier molecular flexibility index (Phi) is 6.26. The molecule has 0 saturated heterocycles. The molecule has 0 spiro atoms. The Bertz CT molecular complexity index is 648. The Labute approximate surface area is 139 Å². The van der Waals surface area contributed by atoms with E-state index in [0.29, 0.717) is 23.7 Å². The zero-order valence-corrected chi connectivity index (χ0v) is 13.4. The Morgan fingerprint density at radius 2 is 1.96 bits per heavy atom. The molecule has 5 nitrogen and oxygen atoms in total. The third kappa shape index (κ3) is 4.61. The second kappa shape index (κ2) is 8.41. The van der Waals surface area contributed by atoms with Crippen LogP contribution in [-0.2, 0) is 17.8 Å². The zero-order chi connectivity index (χ0) is 16.7. The molecule has 0 fully saturated rings. The molecule has 0 radical (unpaired) electrons. The van der Waals surface area contributed by atoms with Gasteiger partial charge in [-0.05, 0) is 23.4 Å². The summed E-state index contributed by atoms with van der Waals surface area (Å²) in [5.41, 5.74) is 1.72. The number of nitrogens with one attached hydrogen (secondary N) is 1. The Morgan fingerprint density at radius 1 is 1.22 bits per heavy atom. The van der Waals surface area contributed by atoms with E-state index >= 15 is 0 Å². The molecule has 2 aromatic carbocycles. The predicted molar refractivity (Wildman–Crippen MR) is 87.9 cm³/mol. The quantitative estimate of drug-likeness (QED) is 0.726. The number of benzene rings is 2. The number of hydrogen-bond acceptors (Lipinski definition) is 4. The second-order valence-electron chi connectivity index (χ2n) is 4.93. The lowest BCUT2D eigenvalue weighted by Crippen LogP contribution is -2.32. The molecule has 2 N–H and O–H groups in total. The summed E-state index contributed by atoms with van der Waals surface area (Å²) in [4.78, 5) is 13.4. The maximum atomic E-state index is 11.2. The van der Waals surface area contributed by atoms with Crippen LogP contribution in [0, 0.1) is 0 Å². The largest absolute Gasteiger partial charge is 0.493 e. The topological polar surface area (TPSA) is 67.8 Å². The number of para-hydroxylation sites is 1. The average molecular weight is 336 g/mol. The van der Waals surface area contributed by atoms with Gasteiger partial charge in [0.25, 0.3) is 0 Å². The first-order chi connectivity index (χ1) is 11.2. The normalized spacial score (nSPS) is 11.7. The van der Waals surface area contributed by atoms with Crippen LogP contribution in [0.5, 0.6) is 11.5 Å². The standard InChI is InChI=1S/C17H18ClNO4/c1-22-15-9-5-8-13(10-14(19-18)17(20)21)16(15)23-11-12-6-3-2-4-7-12/h2-9,14,19H,10-11H2,1H3,(H,20,21)/t14-/m0/s1. The van der Waals surface area contributed by atoms with Crippen molar-refractivity contribution in [1.82, 2.24) is 4.84 Å². The van der Waals surface area contributed by atoms with E-state index in [1.54, 1.807) is 25.3 Å². The van der Waals surface area contributed by atoms with Gasteiger partial charge >= 0.3 is 5.97 Å². The minimum absolute atomic E-state index is 0.181. The van der Waals surface area contributed by atoms with Crippen molar-refractivity contribution >= 4 is 17.7 Å². The van der Waals surface area contributed by atoms with Crippen LogP contribution in [0.25, 0.3) is 0 Å². The van der Waals surface area contributed by atoms with Gasteiger partial charge in [-0.3, -0.25) is 4.79 Å². The van der Waals surface area contributed by atoms with Crippen LogP contribution in [0.1, 0.15) is 11.1 Å². The SMILES string of the molecule is COc1cccc(C[C@H](NCl)C(=O)O)c1OCc1ccccc1. The van der Waals surface area contributed by atoms with Gasteiger partial charge in [0.15, 0.2) is 11.5 Å². The number of hydrogen-bond donors (Lipinski definition) is 2. The maximum absolute atomic E-state index is 11.2. The molecule has 23 heavy (non-hydrogen) atoms. The van der Waals surface area contributed by atoms with Crippen molar-refractivity contribution in [3.63, 3.8) is 0 Å². The van der Waals surface area contributed by atoms with E-state index in [1.807, 2.05) is 30.3 Å². The molecular weight excluding hydrogens is 318 g/mol. The molecule has 0 aliphatic carbocycles. The number of carboxylic acid groups (broad SMARTS) is 1. The van der Waals surface area contributed by atoms with Gasteiger partial charge in [0.1, 0.15) is 12.6 Å². The van der Waals surface area contributed by atoms with Crippen molar-refractivity contribution in [2.24, 2.45) is 0 Å². The lowest BCUT2D eigenvalue weighted by atomic mass is 10.0. The van der Waals surface area contributed by atoms with Crippen LogP contribution in [0.15, 0.2) is 48.5 Å². The van der Waals surface area contributed by atoms with E-state index in [2.05, 4.69) is 4.84 Å². The van der Waals surface area contributed by atoms with Gasteiger partial charge in [0.05, 0.1) is 7.11 Å². The molecule has 0 heterocycles. The van der Waals surface area contributed by atoms with Crippen molar-refractivity contribution in [2.75, 3.05) is 7.11 Å². The smallest absolute Gasteiger partial charge is 0.322 e. The molecule has 122 valence electrons. The van der Waals surface area contributed by atoms with E-state index in [1.165, 1.54) is 0 Å². The number of rotatable bonds is 8. The van der Waals surface area contributed by atoms with E-state index in [4.69, 9.17) is 26.4 Å². The Morgan fingerprint density at radius 3 is 2.57 bits per heavy atom. The van der Waals surface area contributed by atoms with Gasteiger partial charge in [-0.25, -0.2) is 4.84 Å². The first-order valence-corrected chi connectivity index (χ1v) is 7.45. The van der Waals surface area contributed by atoms with E-state index in [-0.39, 0.29) is 6.42 Å². The molecule has 0 unspecified atom stereocenters. The number of carbonyl (C=O) groups is 1. The zero-order valence-electron chi connectivity index (χ0n) is 12.7. The van der Waals surface area contributed by atoms with Gasteiger partial charge < -0.3 is 14.6 Å². The van der Waals surface area contributed by atoms with Gasteiger partial charge in [-0.1, -0.05) is 42.5 Å². The number of methoxy groups -OCH3 is 1. The molecule has 2 rings (SSSR count). The monoisotopic (exact) mass is 335 g/mol. The van der Waals surface area contributed by atoms with Crippen molar-refractivity contribution in [1.29, 1.82) is 0 Å². The predicted octanol–water partition coefficient (Wildman–Crippen LogP) is 3.01. The summed E-state index contributed by atoms with van der Waals surface area (Å²) in [6.45, 7) is 0.361. The van der Waals surface area contributed by atoms with Gasteiger partial charge in [-0.2, -0.15) is 0 Å². The van der Waals surface area contributed by atoms with Gasteiger partial charge in [-0.15, -0.1) is 0 Å². The van der Waals surface area contributed by atoms with Crippen LogP contribution in [-0.4, -0.2) is 24.2 Å². The lowest BCUT2D eigenvalue weighted by Gasteiger charge is -2.17. The summed E-state index contributed by atoms with van der Waals surface area (Å²) in [5, 5.41) is 9.14. The molecular formula is C17H18ClNO4. The molecule has 0 bridgehead atoms. The molecule has 0 amide bonds. The minimum atomic E-state index is -1.03. The number of carboxylic acids is 1. The van der Waals surface area contributed by atoms with Crippen molar-refractivity contribution in [2.45, 2.75) is 19.1 Å². The summed E-state index contributed by atoms with van der Waals surface area (Å²) in [5.74, 6) is 0.0472. The first-order valence-electron chi connectivity index (χ1n) is 7.07. The Balaban J connectivity index is 2.23. The summed E-state index contributed by atoms with van der Waals surface area (Å²) in [6.07, 6.45) is 0.181. The summed E-state index contributed by atoms with van der Waals surface area (Å²) in [6, 6.07) is 14.1. The third-order valence-corrected chi connectivity index (χ3v) is 3.62. The van der Waals surface area contributed by atoms with Crippen LogP contribution >= 0.6 is 11.8 Å². The minimum Gasteiger partial charge on any atom is -0.493 e. The fourth-order valence-corrected chi connectivity index (χ4v) is 2.34. The molecule has 0 aliphatic heterocycles.